The fraction of sp³-hybridized carbons (Fsp3) is 0.533. The van der Waals surface area contributed by atoms with E-state index in [4.69, 9.17) is 4.74 Å². The molecular formula is C15H21N7O3. The maximum Gasteiger partial charge on any atom is 0.410 e. The molecule has 1 aliphatic rings. The van der Waals surface area contributed by atoms with E-state index in [9.17, 15) is 9.59 Å². The van der Waals surface area contributed by atoms with Crippen molar-refractivity contribution in [3.8, 4) is 0 Å². The third-order valence-corrected chi connectivity index (χ3v) is 3.71. The lowest BCUT2D eigenvalue weighted by molar-refractivity contribution is 0.0222. The highest BCUT2D eigenvalue weighted by atomic mass is 16.6. The van der Waals surface area contributed by atoms with Crippen molar-refractivity contribution in [3.05, 3.63) is 29.6 Å². The SMILES string of the molecule is Cn1nc2c(c1C(=O)Nn1cnnc1)CN(C(=O)OC(C)(C)C)CC2. The molecule has 25 heavy (non-hydrogen) atoms. The molecule has 2 amide bonds. The minimum atomic E-state index is -0.569. The van der Waals surface area contributed by atoms with Crippen LogP contribution < -0.4 is 5.43 Å². The average molecular weight is 347 g/mol. The summed E-state index contributed by atoms with van der Waals surface area (Å²) in [5.74, 6) is -0.345. The molecule has 3 rings (SSSR count). The highest BCUT2D eigenvalue weighted by Gasteiger charge is 2.31. The van der Waals surface area contributed by atoms with Crippen molar-refractivity contribution in [2.75, 3.05) is 12.0 Å². The van der Waals surface area contributed by atoms with Crippen molar-refractivity contribution < 1.29 is 14.3 Å². The van der Waals surface area contributed by atoms with Crippen molar-refractivity contribution in [1.82, 2.24) is 29.6 Å². The van der Waals surface area contributed by atoms with Crippen LogP contribution in [0.2, 0.25) is 0 Å². The average Bonchev–Trinajstić information content (AvgIpc) is 3.10. The van der Waals surface area contributed by atoms with Gasteiger partial charge in [0.15, 0.2) is 0 Å². The highest BCUT2D eigenvalue weighted by Crippen LogP contribution is 2.23. The second-order valence-corrected chi connectivity index (χ2v) is 6.86. The number of amides is 2. The second kappa shape index (κ2) is 6.19. The number of carbonyl (C=O) groups excluding carboxylic acids is 2. The van der Waals surface area contributed by atoms with Gasteiger partial charge in [-0.2, -0.15) is 5.10 Å². The van der Waals surface area contributed by atoms with E-state index in [1.807, 2.05) is 20.8 Å². The summed E-state index contributed by atoms with van der Waals surface area (Å²) < 4.78 is 8.31. The van der Waals surface area contributed by atoms with Gasteiger partial charge in [-0.15, -0.1) is 10.2 Å². The Labute approximate surface area is 144 Å². The van der Waals surface area contributed by atoms with Crippen LogP contribution in [0.3, 0.4) is 0 Å². The van der Waals surface area contributed by atoms with E-state index in [1.165, 1.54) is 22.0 Å². The molecule has 1 N–H and O–H groups in total. The number of nitrogens with zero attached hydrogens (tertiary/aromatic N) is 6. The number of hydrogen-bond donors (Lipinski definition) is 1. The molecular weight excluding hydrogens is 326 g/mol. The van der Waals surface area contributed by atoms with Crippen molar-refractivity contribution in [1.29, 1.82) is 0 Å². The van der Waals surface area contributed by atoms with Crippen molar-refractivity contribution in [2.24, 2.45) is 7.05 Å². The van der Waals surface area contributed by atoms with E-state index >= 15 is 0 Å². The summed E-state index contributed by atoms with van der Waals surface area (Å²) in [4.78, 5) is 26.5. The summed E-state index contributed by atoms with van der Waals surface area (Å²) in [5, 5.41) is 11.7. The molecule has 10 nitrogen and oxygen atoms in total. The van der Waals surface area contributed by atoms with E-state index in [0.29, 0.717) is 18.7 Å². The van der Waals surface area contributed by atoms with Crippen LogP contribution in [0.4, 0.5) is 4.79 Å². The molecule has 0 radical (unpaired) electrons. The van der Waals surface area contributed by atoms with E-state index in [1.54, 1.807) is 11.9 Å². The van der Waals surface area contributed by atoms with Crippen molar-refractivity contribution >= 4 is 12.0 Å². The topological polar surface area (TPSA) is 107 Å². The molecule has 0 atom stereocenters. The standard InChI is InChI=1S/C15H21N7O3/c1-15(2,3)25-14(24)21-6-5-11-10(7-21)12(20(4)18-11)13(23)19-22-8-16-17-9-22/h8-9H,5-7H2,1-4H3,(H,19,23). The van der Waals surface area contributed by atoms with E-state index in [-0.39, 0.29) is 12.5 Å². The van der Waals surface area contributed by atoms with Gasteiger partial charge in [0.05, 0.1) is 12.2 Å². The van der Waals surface area contributed by atoms with Gasteiger partial charge >= 0.3 is 6.09 Å². The molecule has 1 aliphatic heterocycles. The molecule has 0 aliphatic carbocycles. The normalized spacial score (nSPS) is 14.2. The zero-order valence-electron chi connectivity index (χ0n) is 14.7. The summed E-state index contributed by atoms with van der Waals surface area (Å²) in [6.45, 7) is 6.25. The number of ether oxygens (including phenoxy) is 1. The molecule has 0 saturated heterocycles. The Morgan fingerprint density at radius 2 is 1.92 bits per heavy atom. The van der Waals surface area contributed by atoms with Crippen molar-refractivity contribution in [3.63, 3.8) is 0 Å². The Morgan fingerprint density at radius 1 is 1.24 bits per heavy atom. The predicted octanol–water partition coefficient (Wildman–Crippen LogP) is 0.689. The Hall–Kier alpha value is -2.91. The monoisotopic (exact) mass is 347 g/mol. The van der Waals surface area contributed by atoms with Crippen molar-refractivity contribution in [2.45, 2.75) is 39.3 Å². The highest BCUT2D eigenvalue weighted by molar-refractivity contribution is 6.00. The van der Waals surface area contributed by atoms with Crippen LogP contribution in [-0.4, -0.2) is 53.7 Å². The summed E-state index contributed by atoms with van der Waals surface area (Å²) >= 11 is 0. The number of carbonyl (C=O) groups is 2. The largest absolute Gasteiger partial charge is 0.444 e. The van der Waals surface area contributed by atoms with Crippen LogP contribution in [0.5, 0.6) is 0 Å². The van der Waals surface area contributed by atoms with Gasteiger partial charge in [0, 0.05) is 25.6 Å². The van der Waals surface area contributed by atoms with Gasteiger partial charge in [0.1, 0.15) is 23.9 Å². The predicted molar refractivity (Wildman–Crippen MR) is 87.3 cm³/mol. The van der Waals surface area contributed by atoms with E-state index < -0.39 is 11.7 Å². The molecule has 0 fully saturated rings. The van der Waals surface area contributed by atoms with Crippen LogP contribution in [0.15, 0.2) is 12.7 Å². The van der Waals surface area contributed by atoms with Gasteiger partial charge in [-0.25, -0.2) is 9.47 Å². The fourth-order valence-electron chi connectivity index (χ4n) is 2.70. The molecule has 2 aromatic rings. The summed E-state index contributed by atoms with van der Waals surface area (Å²) in [6.07, 6.45) is 2.94. The smallest absolute Gasteiger partial charge is 0.410 e. The molecule has 0 aromatic carbocycles. The Kier molecular flexibility index (Phi) is 4.19. The number of nitrogens with one attached hydrogen (secondary N) is 1. The second-order valence-electron chi connectivity index (χ2n) is 6.86. The molecule has 0 unspecified atom stereocenters. The van der Waals surface area contributed by atoms with Crippen LogP contribution in [0, 0.1) is 0 Å². The van der Waals surface area contributed by atoms with Crippen LogP contribution in [0.25, 0.3) is 0 Å². The lowest BCUT2D eigenvalue weighted by atomic mass is 10.1. The van der Waals surface area contributed by atoms with Crippen LogP contribution in [0.1, 0.15) is 42.5 Å². The van der Waals surface area contributed by atoms with Crippen LogP contribution in [-0.2, 0) is 24.8 Å². The number of hydrogen-bond acceptors (Lipinski definition) is 6. The molecule has 3 heterocycles. The first-order valence-electron chi connectivity index (χ1n) is 7.93. The molecule has 134 valence electrons. The Bertz CT molecular complexity index is 789. The van der Waals surface area contributed by atoms with E-state index in [2.05, 4.69) is 20.7 Å². The van der Waals surface area contributed by atoms with E-state index in [0.717, 1.165) is 11.3 Å². The lowest BCUT2D eigenvalue weighted by Gasteiger charge is -2.29. The van der Waals surface area contributed by atoms with Gasteiger partial charge in [-0.3, -0.25) is 14.9 Å². The van der Waals surface area contributed by atoms with Crippen LogP contribution >= 0.6 is 0 Å². The quantitative estimate of drug-likeness (QED) is 0.856. The third kappa shape index (κ3) is 3.62. The molecule has 0 spiro atoms. The molecule has 10 heteroatoms. The van der Waals surface area contributed by atoms with Gasteiger partial charge < -0.3 is 9.64 Å². The minimum Gasteiger partial charge on any atom is -0.444 e. The zero-order valence-corrected chi connectivity index (χ0v) is 14.7. The zero-order chi connectivity index (χ0) is 18.2. The van der Waals surface area contributed by atoms with Gasteiger partial charge in [0.2, 0.25) is 0 Å². The maximum atomic E-state index is 12.6. The van der Waals surface area contributed by atoms with Gasteiger partial charge in [-0.1, -0.05) is 0 Å². The van der Waals surface area contributed by atoms with Gasteiger partial charge in [-0.05, 0) is 20.8 Å². The number of aromatic nitrogens is 5. The number of rotatable bonds is 2. The maximum absolute atomic E-state index is 12.6. The summed E-state index contributed by atoms with van der Waals surface area (Å²) in [5.41, 5.74) is 4.03. The molecule has 0 bridgehead atoms. The molecule has 2 aromatic heterocycles. The Morgan fingerprint density at radius 3 is 2.56 bits per heavy atom. The Balaban J connectivity index is 1.81. The first-order valence-corrected chi connectivity index (χ1v) is 7.93. The number of fused-ring (bicyclic) bond motifs is 1. The number of aryl methyl sites for hydroxylation is 1. The fourth-order valence-corrected chi connectivity index (χ4v) is 2.70. The molecule has 0 saturated carbocycles. The summed E-state index contributed by atoms with van der Waals surface area (Å²) in [6, 6.07) is 0. The van der Waals surface area contributed by atoms with Gasteiger partial charge in [0.25, 0.3) is 5.91 Å². The minimum absolute atomic E-state index is 0.281. The lowest BCUT2D eigenvalue weighted by Crippen LogP contribution is -2.40. The summed E-state index contributed by atoms with van der Waals surface area (Å²) in [7, 11) is 1.71. The first kappa shape index (κ1) is 16.9. The third-order valence-electron chi connectivity index (χ3n) is 3.71. The first-order chi connectivity index (χ1) is 11.7.